The summed E-state index contributed by atoms with van der Waals surface area (Å²) in [5.74, 6) is 0.0573. The zero-order chi connectivity index (χ0) is 14.6. The van der Waals surface area contributed by atoms with Gasteiger partial charge in [-0.15, -0.1) is 0 Å². The van der Waals surface area contributed by atoms with Gasteiger partial charge in [-0.05, 0) is 51.6 Å². The van der Waals surface area contributed by atoms with Gasteiger partial charge in [0, 0.05) is 18.0 Å². The van der Waals surface area contributed by atoms with Gasteiger partial charge in [0.25, 0.3) is 0 Å². The molecular weight excluding hydrogens is 242 g/mol. The third-order valence-corrected chi connectivity index (χ3v) is 3.46. The summed E-state index contributed by atoms with van der Waals surface area (Å²) in [6.45, 7) is 4.10. The molecule has 1 aromatic rings. The van der Waals surface area contributed by atoms with Crippen molar-refractivity contribution in [2.45, 2.75) is 32.7 Å². The molecule has 0 aromatic heterocycles. The molecule has 0 bridgehead atoms. The molecule has 0 heterocycles. The highest BCUT2D eigenvalue weighted by atomic mass is 16.5. The van der Waals surface area contributed by atoms with Crippen molar-refractivity contribution in [1.82, 2.24) is 4.90 Å². The second kappa shape index (κ2) is 6.57. The van der Waals surface area contributed by atoms with Crippen LogP contribution in [0, 0.1) is 13.8 Å². The Hall–Kier alpha value is -1.55. The zero-order valence-electron chi connectivity index (χ0n) is 12.4. The van der Waals surface area contributed by atoms with Gasteiger partial charge in [-0.3, -0.25) is 4.79 Å². The topological polar surface area (TPSA) is 49.8 Å². The molecule has 1 N–H and O–H groups in total. The Morgan fingerprint density at radius 1 is 1.32 bits per heavy atom. The molecule has 0 radical (unpaired) electrons. The summed E-state index contributed by atoms with van der Waals surface area (Å²) >= 11 is 0. The average molecular weight is 265 g/mol. The fourth-order valence-electron chi connectivity index (χ4n) is 2.20. The van der Waals surface area contributed by atoms with Gasteiger partial charge in [-0.25, -0.2) is 0 Å². The Balaban J connectivity index is 3.14. The van der Waals surface area contributed by atoms with Crippen LogP contribution in [0.4, 0.5) is 0 Å². The van der Waals surface area contributed by atoms with E-state index in [0.717, 1.165) is 11.3 Å². The highest BCUT2D eigenvalue weighted by Crippen LogP contribution is 2.33. The summed E-state index contributed by atoms with van der Waals surface area (Å²) < 4.78 is 5.45. The third-order valence-electron chi connectivity index (χ3n) is 3.46. The molecule has 0 aliphatic carbocycles. The molecule has 1 aromatic carbocycles. The van der Waals surface area contributed by atoms with Gasteiger partial charge in [-0.2, -0.15) is 0 Å². The molecule has 0 aliphatic heterocycles. The molecule has 0 fully saturated rings. The Morgan fingerprint density at radius 3 is 2.37 bits per heavy atom. The Kier molecular flexibility index (Phi) is 5.36. The largest absolute Gasteiger partial charge is 0.496 e. The van der Waals surface area contributed by atoms with E-state index in [-0.39, 0.29) is 12.5 Å². The van der Waals surface area contributed by atoms with Crippen LogP contribution in [0.5, 0.6) is 5.75 Å². The Labute approximate surface area is 115 Å². The van der Waals surface area contributed by atoms with Crippen LogP contribution in [0.1, 0.15) is 35.6 Å². The standard InChI is InChI=1S/C15H23NO3/c1-10-8-12(14(19-5)9-11(10)2)13(16(3)4)6-7-15(17)18/h8-9,13H,6-7H2,1-5H3,(H,17,18). The first-order chi connectivity index (χ1) is 8.86. The van der Waals surface area contributed by atoms with Crippen LogP contribution in [0.15, 0.2) is 12.1 Å². The summed E-state index contributed by atoms with van der Waals surface area (Å²) in [4.78, 5) is 12.8. The first kappa shape index (κ1) is 15.5. The van der Waals surface area contributed by atoms with Crippen LogP contribution in [0.2, 0.25) is 0 Å². The van der Waals surface area contributed by atoms with E-state index in [4.69, 9.17) is 9.84 Å². The van der Waals surface area contributed by atoms with E-state index < -0.39 is 5.97 Å². The van der Waals surface area contributed by atoms with Crippen molar-refractivity contribution in [2.75, 3.05) is 21.2 Å². The number of benzene rings is 1. The van der Waals surface area contributed by atoms with Crippen LogP contribution in [0.25, 0.3) is 0 Å². The number of carboxylic acids is 1. The molecule has 1 rings (SSSR count). The van der Waals surface area contributed by atoms with Crippen molar-refractivity contribution >= 4 is 5.97 Å². The maximum atomic E-state index is 10.8. The van der Waals surface area contributed by atoms with Gasteiger partial charge in [0.15, 0.2) is 0 Å². The van der Waals surface area contributed by atoms with Gasteiger partial charge in [-0.1, -0.05) is 6.07 Å². The molecule has 0 amide bonds. The van der Waals surface area contributed by atoms with Gasteiger partial charge in [0.05, 0.1) is 7.11 Å². The number of aryl methyl sites for hydroxylation is 2. The molecule has 0 aliphatic rings. The smallest absolute Gasteiger partial charge is 0.303 e. The molecule has 1 atom stereocenters. The van der Waals surface area contributed by atoms with E-state index in [9.17, 15) is 4.79 Å². The monoisotopic (exact) mass is 265 g/mol. The van der Waals surface area contributed by atoms with Crippen molar-refractivity contribution < 1.29 is 14.6 Å². The molecule has 4 heteroatoms. The minimum absolute atomic E-state index is 0.0466. The fourth-order valence-corrected chi connectivity index (χ4v) is 2.20. The zero-order valence-corrected chi connectivity index (χ0v) is 12.4. The molecule has 0 saturated heterocycles. The number of hydrogen-bond acceptors (Lipinski definition) is 3. The summed E-state index contributed by atoms with van der Waals surface area (Å²) in [6, 6.07) is 4.16. The molecule has 0 spiro atoms. The van der Waals surface area contributed by atoms with Gasteiger partial charge < -0.3 is 14.7 Å². The summed E-state index contributed by atoms with van der Waals surface area (Å²) in [5.41, 5.74) is 3.42. The van der Waals surface area contributed by atoms with Crippen molar-refractivity contribution in [2.24, 2.45) is 0 Å². The van der Waals surface area contributed by atoms with Crippen molar-refractivity contribution in [1.29, 1.82) is 0 Å². The summed E-state index contributed by atoms with van der Waals surface area (Å²) in [6.07, 6.45) is 0.722. The van der Waals surface area contributed by atoms with Crippen LogP contribution in [-0.2, 0) is 4.79 Å². The van der Waals surface area contributed by atoms with E-state index in [1.807, 2.05) is 32.0 Å². The minimum atomic E-state index is -0.769. The Bertz CT molecular complexity index is 455. The number of carboxylic acid groups (broad SMARTS) is 1. The van der Waals surface area contributed by atoms with E-state index in [1.54, 1.807) is 7.11 Å². The maximum Gasteiger partial charge on any atom is 0.303 e. The second-order valence-electron chi connectivity index (χ2n) is 5.09. The number of aliphatic carboxylic acids is 1. The first-order valence-corrected chi connectivity index (χ1v) is 6.40. The van der Waals surface area contributed by atoms with Crippen LogP contribution in [-0.4, -0.2) is 37.2 Å². The lowest BCUT2D eigenvalue weighted by Gasteiger charge is -2.26. The maximum absolute atomic E-state index is 10.8. The second-order valence-corrected chi connectivity index (χ2v) is 5.09. The molecular formula is C15H23NO3. The van der Waals surface area contributed by atoms with Gasteiger partial charge in [0.2, 0.25) is 0 Å². The quantitative estimate of drug-likeness (QED) is 0.859. The van der Waals surface area contributed by atoms with Crippen LogP contribution >= 0.6 is 0 Å². The van der Waals surface area contributed by atoms with E-state index >= 15 is 0 Å². The number of rotatable bonds is 6. The minimum Gasteiger partial charge on any atom is -0.496 e. The van der Waals surface area contributed by atoms with Gasteiger partial charge in [0.1, 0.15) is 5.75 Å². The third kappa shape index (κ3) is 3.96. The van der Waals surface area contributed by atoms with Crippen LogP contribution < -0.4 is 4.74 Å². The van der Waals surface area contributed by atoms with E-state index in [2.05, 4.69) is 13.0 Å². The molecule has 19 heavy (non-hydrogen) atoms. The number of hydrogen-bond donors (Lipinski definition) is 1. The number of methoxy groups -OCH3 is 1. The Morgan fingerprint density at radius 2 is 1.89 bits per heavy atom. The average Bonchev–Trinajstić information content (AvgIpc) is 2.32. The molecule has 0 saturated carbocycles. The lowest BCUT2D eigenvalue weighted by atomic mass is 9.96. The predicted octanol–water partition coefficient (Wildman–Crippen LogP) is 2.78. The van der Waals surface area contributed by atoms with Gasteiger partial charge >= 0.3 is 5.97 Å². The first-order valence-electron chi connectivity index (χ1n) is 6.40. The molecule has 1 unspecified atom stereocenters. The summed E-state index contributed by atoms with van der Waals surface area (Å²) in [7, 11) is 5.57. The number of carbonyl (C=O) groups is 1. The van der Waals surface area contributed by atoms with E-state index in [0.29, 0.717) is 6.42 Å². The highest BCUT2D eigenvalue weighted by molar-refractivity contribution is 5.66. The molecule has 4 nitrogen and oxygen atoms in total. The number of ether oxygens (including phenoxy) is 1. The normalized spacial score (nSPS) is 12.5. The predicted molar refractivity (Wildman–Crippen MR) is 75.8 cm³/mol. The SMILES string of the molecule is COc1cc(C)c(C)cc1C(CCC(=O)O)N(C)C. The fraction of sp³-hybridized carbons (Fsp3) is 0.533. The lowest BCUT2D eigenvalue weighted by Crippen LogP contribution is -2.21. The van der Waals surface area contributed by atoms with E-state index in [1.165, 1.54) is 11.1 Å². The van der Waals surface area contributed by atoms with Crippen molar-refractivity contribution in [3.63, 3.8) is 0 Å². The molecule has 106 valence electrons. The number of nitrogens with zero attached hydrogens (tertiary/aromatic N) is 1. The van der Waals surface area contributed by atoms with Crippen molar-refractivity contribution in [3.8, 4) is 5.75 Å². The summed E-state index contributed by atoms with van der Waals surface area (Å²) in [5, 5.41) is 8.87. The highest BCUT2D eigenvalue weighted by Gasteiger charge is 2.20. The lowest BCUT2D eigenvalue weighted by molar-refractivity contribution is -0.137. The van der Waals surface area contributed by atoms with Crippen LogP contribution in [0.3, 0.4) is 0 Å². The van der Waals surface area contributed by atoms with Crippen molar-refractivity contribution in [3.05, 3.63) is 28.8 Å².